The van der Waals surface area contributed by atoms with Gasteiger partial charge in [-0.3, -0.25) is 0 Å². The van der Waals surface area contributed by atoms with E-state index in [2.05, 4.69) is 50.4 Å². The Morgan fingerprint density at radius 2 is 1.95 bits per heavy atom. The third-order valence-electron chi connectivity index (χ3n) is 4.46. The lowest BCUT2D eigenvalue weighted by atomic mass is 9.83. The summed E-state index contributed by atoms with van der Waals surface area (Å²) in [5, 5.41) is 3.46. The largest absolute Gasteiger partial charge is 0.490 e. The molecule has 0 radical (unpaired) electrons. The summed E-state index contributed by atoms with van der Waals surface area (Å²) in [6.07, 6.45) is 4.77. The van der Waals surface area contributed by atoms with Gasteiger partial charge in [-0.05, 0) is 57.4 Å². The van der Waals surface area contributed by atoms with Crippen LogP contribution in [0.2, 0.25) is 0 Å². The smallest absolute Gasteiger partial charge is 0.120 e. The van der Waals surface area contributed by atoms with Crippen LogP contribution >= 0.6 is 0 Å². The maximum atomic E-state index is 6.17. The second kappa shape index (κ2) is 7.28. The van der Waals surface area contributed by atoms with Gasteiger partial charge in [-0.1, -0.05) is 26.0 Å². The number of benzene rings is 1. The van der Waals surface area contributed by atoms with Crippen LogP contribution in [0.3, 0.4) is 0 Å². The SMILES string of the molecule is CCOC(CC)(CC)C(NC)c1cccc(OC2CC2)c1. The van der Waals surface area contributed by atoms with Crippen molar-refractivity contribution in [3.05, 3.63) is 29.8 Å². The van der Waals surface area contributed by atoms with E-state index in [0.29, 0.717) is 6.10 Å². The molecule has 1 aromatic rings. The summed E-state index contributed by atoms with van der Waals surface area (Å²) >= 11 is 0. The van der Waals surface area contributed by atoms with Crippen LogP contribution in [-0.2, 0) is 4.74 Å². The number of rotatable bonds is 9. The Balaban J connectivity index is 2.25. The van der Waals surface area contributed by atoms with Crippen molar-refractivity contribution in [3.63, 3.8) is 0 Å². The van der Waals surface area contributed by atoms with Gasteiger partial charge in [0.25, 0.3) is 0 Å². The normalized spacial score (nSPS) is 16.8. The highest BCUT2D eigenvalue weighted by Gasteiger charge is 2.37. The first-order valence-corrected chi connectivity index (χ1v) is 8.26. The van der Waals surface area contributed by atoms with Crippen molar-refractivity contribution in [1.29, 1.82) is 0 Å². The van der Waals surface area contributed by atoms with Gasteiger partial charge in [0.05, 0.1) is 17.7 Å². The zero-order valence-corrected chi connectivity index (χ0v) is 13.8. The fourth-order valence-electron chi connectivity index (χ4n) is 3.11. The molecule has 3 nitrogen and oxygen atoms in total. The highest BCUT2D eigenvalue weighted by Crippen LogP contribution is 2.37. The van der Waals surface area contributed by atoms with Gasteiger partial charge < -0.3 is 14.8 Å². The van der Waals surface area contributed by atoms with E-state index in [1.807, 2.05) is 7.05 Å². The molecule has 1 aliphatic carbocycles. The Hall–Kier alpha value is -1.06. The quantitative estimate of drug-likeness (QED) is 0.743. The molecule has 1 saturated carbocycles. The van der Waals surface area contributed by atoms with Crippen molar-refractivity contribution in [2.75, 3.05) is 13.7 Å². The molecule has 1 N–H and O–H groups in total. The van der Waals surface area contributed by atoms with Crippen molar-refractivity contribution >= 4 is 0 Å². The minimum atomic E-state index is -0.165. The third kappa shape index (κ3) is 3.78. The van der Waals surface area contributed by atoms with E-state index < -0.39 is 0 Å². The predicted octanol–water partition coefficient (Wildman–Crippen LogP) is 4.08. The molecule has 21 heavy (non-hydrogen) atoms. The van der Waals surface area contributed by atoms with Crippen LogP contribution in [0.5, 0.6) is 5.75 Å². The summed E-state index contributed by atoms with van der Waals surface area (Å²) in [6.45, 7) is 7.21. The predicted molar refractivity (Wildman–Crippen MR) is 86.8 cm³/mol. The summed E-state index contributed by atoms with van der Waals surface area (Å²) in [5.74, 6) is 0.979. The topological polar surface area (TPSA) is 30.5 Å². The van der Waals surface area contributed by atoms with E-state index in [-0.39, 0.29) is 11.6 Å². The number of nitrogens with one attached hydrogen (secondary N) is 1. The van der Waals surface area contributed by atoms with Crippen molar-refractivity contribution in [2.24, 2.45) is 0 Å². The number of hydrogen-bond donors (Lipinski definition) is 1. The molecule has 0 heterocycles. The fraction of sp³-hybridized carbons (Fsp3) is 0.667. The van der Waals surface area contributed by atoms with Gasteiger partial charge >= 0.3 is 0 Å². The maximum Gasteiger partial charge on any atom is 0.120 e. The molecule has 1 aliphatic rings. The van der Waals surface area contributed by atoms with Gasteiger partial charge in [0.1, 0.15) is 5.75 Å². The summed E-state index contributed by atoms with van der Waals surface area (Å²) in [7, 11) is 2.01. The molecule has 2 rings (SSSR count). The zero-order valence-electron chi connectivity index (χ0n) is 13.8. The van der Waals surface area contributed by atoms with Crippen molar-refractivity contribution < 1.29 is 9.47 Å². The first-order chi connectivity index (χ1) is 10.2. The molecule has 3 heteroatoms. The van der Waals surface area contributed by atoms with Crippen LogP contribution in [0.1, 0.15) is 58.1 Å². The van der Waals surface area contributed by atoms with Crippen LogP contribution in [-0.4, -0.2) is 25.4 Å². The van der Waals surface area contributed by atoms with Gasteiger partial charge in [0, 0.05) is 6.61 Å². The van der Waals surface area contributed by atoms with Gasteiger partial charge in [0.15, 0.2) is 0 Å². The number of ether oxygens (including phenoxy) is 2. The Bertz CT molecular complexity index is 439. The first kappa shape index (κ1) is 16.3. The molecule has 0 aliphatic heterocycles. The Labute approximate surface area is 129 Å². The van der Waals surface area contributed by atoms with Crippen LogP contribution < -0.4 is 10.1 Å². The van der Waals surface area contributed by atoms with Crippen LogP contribution in [0.15, 0.2) is 24.3 Å². The van der Waals surface area contributed by atoms with Crippen molar-refractivity contribution in [3.8, 4) is 5.75 Å². The molecule has 0 spiro atoms. The van der Waals surface area contributed by atoms with Gasteiger partial charge in [-0.15, -0.1) is 0 Å². The molecule has 0 aromatic heterocycles. The molecule has 118 valence electrons. The van der Waals surface area contributed by atoms with E-state index >= 15 is 0 Å². The molecule has 0 saturated heterocycles. The van der Waals surface area contributed by atoms with Crippen LogP contribution in [0.4, 0.5) is 0 Å². The van der Waals surface area contributed by atoms with Crippen LogP contribution in [0, 0.1) is 0 Å². The number of hydrogen-bond acceptors (Lipinski definition) is 3. The molecule has 1 aromatic carbocycles. The van der Waals surface area contributed by atoms with E-state index in [1.54, 1.807) is 0 Å². The summed E-state index contributed by atoms with van der Waals surface area (Å²) in [6, 6.07) is 8.64. The Kier molecular flexibility index (Phi) is 5.65. The van der Waals surface area contributed by atoms with Crippen molar-refractivity contribution in [1.82, 2.24) is 5.32 Å². The molecule has 1 atom stereocenters. The first-order valence-electron chi connectivity index (χ1n) is 8.26. The Morgan fingerprint density at radius 3 is 2.48 bits per heavy atom. The molecule has 1 fully saturated rings. The summed E-state index contributed by atoms with van der Waals surface area (Å²) < 4.78 is 12.1. The van der Waals surface area contributed by atoms with Gasteiger partial charge in [-0.25, -0.2) is 0 Å². The molecule has 1 unspecified atom stereocenters. The van der Waals surface area contributed by atoms with E-state index in [1.165, 1.54) is 18.4 Å². The zero-order chi connectivity index (χ0) is 15.3. The van der Waals surface area contributed by atoms with Gasteiger partial charge in [0.2, 0.25) is 0 Å². The second-order valence-electron chi connectivity index (χ2n) is 5.82. The third-order valence-corrected chi connectivity index (χ3v) is 4.46. The summed E-state index contributed by atoms with van der Waals surface area (Å²) in [5.41, 5.74) is 1.08. The lowest BCUT2D eigenvalue weighted by Crippen LogP contribution is -2.44. The maximum absolute atomic E-state index is 6.17. The van der Waals surface area contributed by atoms with E-state index in [0.717, 1.165) is 25.2 Å². The highest BCUT2D eigenvalue weighted by molar-refractivity contribution is 5.32. The fourth-order valence-corrected chi connectivity index (χ4v) is 3.11. The molecular formula is C18H29NO2. The van der Waals surface area contributed by atoms with Gasteiger partial charge in [-0.2, -0.15) is 0 Å². The molecule has 0 amide bonds. The van der Waals surface area contributed by atoms with E-state index in [4.69, 9.17) is 9.47 Å². The van der Waals surface area contributed by atoms with Crippen LogP contribution in [0.25, 0.3) is 0 Å². The lowest BCUT2D eigenvalue weighted by Gasteiger charge is -2.39. The second-order valence-corrected chi connectivity index (χ2v) is 5.82. The molecule has 0 bridgehead atoms. The monoisotopic (exact) mass is 291 g/mol. The standard InChI is InChI=1S/C18H29NO2/c1-5-18(6-2,20-7-3)17(19-4)14-9-8-10-16(13-14)21-15-11-12-15/h8-10,13,15,17,19H,5-7,11-12H2,1-4H3. The minimum Gasteiger partial charge on any atom is -0.490 e. The number of likely N-dealkylation sites (N-methyl/N-ethyl adjacent to an activating group) is 1. The average molecular weight is 291 g/mol. The average Bonchev–Trinajstić information content (AvgIpc) is 3.31. The van der Waals surface area contributed by atoms with Crippen molar-refractivity contribution in [2.45, 2.75) is 64.2 Å². The lowest BCUT2D eigenvalue weighted by molar-refractivity contribution is -0.0718. The molecular weight excluding hydrogens is 262 g/mol. The van der Waals surface area contributed by atoms with E-state index in [9.17, 15) is 0 Å². The highest BCUT2D eigenvalue weighted by atomic mass is 16.5. The Morgan fingerprint density at radius 1 is 1.24 bits per heavy atom. The summed E-state index contributed by atoms with van der Waals surface area (Å²) in [4.78, 5) is 0. The minimum absolute atomic E-state index is 0.165.